The fraction of sp³-hybridized carbons (Fsp3) is 0.136. The number of H-pyrrole nitrogens is 1. The van der Waals surface area contributed by atoms with Crippen molar-refractivity contribution >= 4 is 10.8 Å². The second-order valence-electron chi connectivity index (χ2n) is 6.25. The number of fused-ring (bicyclic) bond motifs is 1. The molecule has 0 spiro atoms. The number of rotatable bonds is 6. The molecule has 4 rings (SSSR count). The van der Waals surface area contributed by atoms with Crippen LogP contribution in [0.15, 0.2) is 66.9 Å². The minimum absolute atomic E-state index is 0.108. The molecule has 0 saturated carbocycles. The van der Waals surface area contributed by atoms with E-state index in [1.54, 1.807) is 18.3 Å². The monoisotopic (exact) mass is 360 g/mol. The topological polar surface area (TPSA) is 67.4 Å². The first-order valence-corrected chi connectivity index (χ1v) is 8.91. The van der Waals surface area contributed by atoms with Gasteiger partial charge in [-0.15, -0.1) is 0 Å². The van der Waals surface area contributed by atoms with Gasteiger partial charge in [0.15, 0.2) is 5.75 Å². The first-order valence-electron chi connectivity index (χ1n) is 8.91. The predicted molar refractivity (Wildman–Crippen MR) is 105 cm³/mol. The van der Waals surface area contributed by atoms with Gasteiger partial charge in [-0.3, -0.25) is 5.10 Å². The molecule has 0 radical (unpaired) electrons. The molecule has 0 atom stereocenters. The number of hydrogen-bond donors (Lipinski definition) is 2. The highest BCUT2D eigenvalue weighted by Gasteiger charge is 2.15. The smallest absolute Gasteiger partial charge is 0.173 e. The van der Waals surface area contributed by atoms with Crippen LogP contribution in [0.25, 0.3) is 22.0 Å². The second kappa shape index (κ2) is 7.41. The molecule has 27 heavy (non-hydrogen) atoms. The molecular formula is C22H20N2O3. The Morgan fingerprint density at radius 1 is 0.963 bits per heavy atom. The zero-order valence-electron chi connectivity index (χ0n) is 15.0. The summed E-state index contributed by atoms with van der Waals surface area (Å²) >= 11 is 0. The Kier molecular flexibility index (Phi) is 4.66. The number of ether oxygens (including phenoxy) is 2. The minimum atomic E-state index is 0.108. The summed E-state index contributed by atoms with van der Waals surface area (Å²) in [5, 5.41) is 19.6. The van der Waals surface area contributed by atoms with Crippen molar-refractivity contribution in [2.75, 3.05) is 6.61 Å². The van der Waals surface area contributed by atoms with Crippen LogP contribution in [0.3, 0.4) is 0 Å². The van der Waals surface area contributed by atoms with Crippen molar-refractivity contribution in [2.24, 2.45) is 0 Å². The van der Waals surface area contributed by atoms with Crippen LogP contribution < -0.4 is 9.47 Å². The van der Waals surface area contributed by atoms with E-state index in [1.807, 2.05) is 49.4 Å². The quantitative estimate of drug-likeness (QED) is 0.475. The highest BCUT2D eigenvalue weighted by atomic mass is 16.5. The van der Waals surface area contributed by atoms with Crippen molar-refractivity contribution in [3.63, 3.8) is 0 Å². The molecule has 0 amide bonds. The summed E-state index contributed by atoms with van der Waals surface area (Å²) in [5.74, 6) is 1.99. The van der Waals surface area contributed by atoms with Gasteiger partial charge in [-0.1, -0.05) is 37.3 Å². The molecule has 0 bridgehead atoms. The molecule has 0 unspecified atom stereocenters. The van der Waals surface area contributed by atoms with Crippen molar-refractivity contribution in [3.05, 3.63) is 66.9 Å². The molecule has 0 aliphatic carbocycles. The largest absolute Gasteiger partial charge is 0.507 e. The van der Waals surface area contributed by atoms with Gasteiger partial charge < -0.3 is 14.6 Å². The zero-order chi connectivity index (χ0) is 18.6. The predicted octanol–water partition coefficient (Wildman–Crippen LogP) is 5.52. The van der Waals surface area contributed by atoms with E-state index >= 15 is 0 Å². The summed E-state index contributed by atoms with van der Waals surface area (Å²) in [4.78, 5) is 0. The van der Waals surface area contributed by atoms with Gasteiger partial charge in [0.25, 0.3) is 0 Å². The molecule has 0 fully saturated rings. The number of benzene rings is 3. The van der Waals surface area contributed by atoms with Crippen LogP contribution in [-0.2, 0) is 0 Å². The normalized spacial score (nSPS) is 10.9. The third-order valence-electron chi connectivity index (χ3n) is 4.26. The molecule has 0 aliphatic rings. The van der Waals surface area contributed by atoms with Crippen LogP contribution >= 0.6 is 0 Å². The summed E-state index contributed by atoms with van der Waals surface area (Å²) in [5.41, 5.74) is 1.22. The van der Waals surface area contributed by atoms with Crippen LogP contribution in [-0.4, -0.2) is 21.9 Å². The first-order chi connectivity index (χ1) is 13.2. The van der Waals surface area contributed by atoms with E-state index < -0.39 is 0 Å². The van der Waals surface area contributed by atoms with E-state index in [1.165, 1.54) is 0 Å². The lowest BCUT2D eigenvalue weighted by molar-refractivity contribution is 0.315. The number of nitrogens with zero attached hydrogens (tertiary/aromatic N) is 1. The van der Waals surface area contributed by atoms with Crippen LogP contribution in [0.2, 0.25) is 0 Å². The maximum absolute atomic E-state index is 10.4. The molecule has 0 saturated heterocycles. The van der Waals surface area contributed by atoms with E-state index in [9.17, 15) is 5.11 Å². The highest BCUT2D eigenvalue weighted by molar-refractivity contribution is 5.84. The number of phenols is 1. The molecule has 5 nitrogen and oxygen atoms in total. The maximum atomic E-state index is 10.4. The molecule has 1 heterocycles. The maximum Gasteiger partial charge on any atom is 0.173 e. The number of aromatic hydroxyl groups is 1. The van der Waals surface area contributed by atoms with E-state index in [2.05, 4.69) is 16.3 Å². The first kappa shape index (κ1) is 17.0. The van der Waals surface area contributed by atoms with E-state index in [0.29, 0.717) is 35.1 Å². The van der Waals surface area contributed by atoms with Gasteiger partial charge in [0.05, 0.1) is 12.8 Å². The van der Waals surface area contributed by atoms with Gasteiger partial charge >= 0.3 is 0 Å². The van der Waals surface area contributed by atoms with Crippen molar-refractivity contribution < 1.29 is 14.6 Å². The molecule has 1 aromatic heterocycles. The summed E-state index contributed by atoms with van der Waals surface area (Å²) in [7, 11) is 0. The Hall–Kier alpha value is -3.47. The molecule has 136 valence electrons. The van der Waals surface area contributed by atoms with Crippen molar-refractivity contribution in [1.82, 2.24) is 10.2 Å². The Morgan fingerprint density at radius 2 is 1.78 bits per heavy atom. The third-order valence-corrected chi connectivity index (χ3v) is 4.26. The van der Waals surface area contributed by atoms with Crippen LogP contribution in [0.1, 0.15) is 13.3 Å². The van der Waals surface area contributed by atoms with Gasteiger partial charge in [0, 0.05) is 11.6 Å². The highest BCUT2D eigenvalue weighted by Crippen LogP contribution is 2.38. The Bertz CT molecular complexity index is 1070. The summed E-state index contributed by atoms with van der Waals surface area (Å²) in [6, 6.07) is 19.2. The fourth-order valence-electron chi connectivity index (χ4n) is 2.94. The molecular weight excluding hydrogens is 340 g/mol. The summed E-state index contributed by atoms with van der Waals surface area (Å²) in [6.07, 6.45) is 2.51. The molecule has 4 aromatic rings. The number of phenolic OH excluding ortho intramolecular Hbond substituents is 1. The lowest BCUT2D eigenvalue weighted by Crippen LogP contribution is -1.95. The number of aromatic nitrogens is 2. The molecule has 5 heteroatoms. The number of hydrogen-bond acceptors (Lipinski definition) is 4. The fourth-order valence-corrected chi connectivity index (χ4v) is 2.94. The van der Waals surface area contributed by atoms with Gasteiger partial charge in [0.1, 0.15) is 22.9 Å². The molecule has 3 aromatic carbocycles. The van der Waals surface area contributed by atoms with Crippen molar-refractivity contribution in [1.29, 1.82) is 0 Å². The summed E-state index contributed by atoms with van der Waals surface area (Å²) < 4.78 is 11.6. The third kappa shape index (κ3) is 3.58. The lowest BCUT2D eigenvalue weighted by Gasteiger charge is -2.10. The molecule has 2 N–H and O–H groups in total. The zero-order valence-corrected chi connectivity index (χ0v) is 15.0. The second-order valence-corrected chi connectivity index (χ2v) is 6.25. The van der Waals surface area contributed by atoms with Gasteiger partial charge in [-0.25, -0.2) is 0 Å². The standard InChI is InChI=1S/C22H20N2O3/c1-2-11-26-17-9-10-19(20(25)13-17)22-21(14-23-24-22)27-18-8-7-15-5-3-4-6-16(15)12-18/h3-10,12-14,25H,2,11H2,1H3,(H,23,24). The Morgan fingerprint density at radius 3 is 2.59 bits per heavy atom. The minimum Gasteiger partial charge on any atom is -0.507 e. The lowest BCUT2D eigenvalue weighted by atomic mass is 10.1. The van der Waals surface area contributed by atoms with E-state index in [-0.39, 0.29) is 5.75 Å². The van der Waals surface area contributed by atoms with Crippen LogP contribution in [0.4, 0.5) is 0 Å². The van der Waals surface area contributed by atoms with Crippen molar-refractivity contribution in [2.45, 2.75) is 13.3 Å². The SMILES string of the molecule is CCCOc1ccc(-c2[nH]ncc2Oc2ccc3ccccc3c2)c(O)c1. The van der Waals surface area contributed by atoms with Crippen LogP contribution in [0, 0.1) is 0 Å². The van der Waals surface area contributed by atoms with Gasteiger partial charge in [-0.05, 0) is 41.5 Å². The average molecular weight is 360 g/mol. The van der Waals surface area contributed by atoms with Gasteiger partial charge in [0.2, 0.25) is 0 Å². The van der Waals surface area contributed by atoms with E-state index in [0.717, 1.165) is 17.2 Å². The van der Waals surface area contributed by atoms with E-state index in [4.69, 9.17) is 9.47 Å². The number of nitrogens with one attached hydrogen (secondary N) is 1. The average Bonchev–Trinajstić information content (AvgIpc) is 3.14. The van der Waals surface area contributed by atoms with Gasteiger partial charge in [-0.2, -0.15) is 5.10 Å². The molecule has 0 aliphatic heterocycles. The Balaban J connectivity index is 1.62. The van der Waals surface area contributed by atoms with Crippen molar-refractivity contribution in [3.8, 4) is 34.3 Å². The number of aromatic amines is 1. The summed E-state index contributed by atoms with van der Waals surface area (Å²) in [6.45, 7) is 2.65. The van der Waals surface area contributed by atoms with Crippen LogP contribution in [0.5, 0.6) is 23.0 Å². The Labute approximate surface area is 157 Å².